The second-order valence-electron chi connectivity index (χ2n) is 6.34. The zero-order valence-electron chi connectivity index (χ0n) is 15.5. The van der Waals surface area contributed by atoms with Gasteiger partial charge in [-0.2, -0.15) is 5.10 Å². The van der Waals surface area contributed by atoms with E-state index in [1.54, 1.807) is 11.9 Å². The Balaban J connectivity index is 1.92. The van der Waals surface area contributed by atoms with Crippen molar-refractivity contribution in [3.63, 3.8) is 0 Å². The van der Waals surface area contributed by atoms with Crippen molar-refractivity contribution in [3.8, 4) is 0 Å². The highest BCUT2D eigenvalue weighted by atomic mass is 16.3. The van der Waals surface area contributed by atoms with E-state index in [2.05, 4.69) is 17.3 Å². The third-order valence-corrected chi connectivity index (χ3v) is 4.32. The van der Waals surface area contributed by atoms with Crippen LogP contribution in [-0.4, -0.2) is 39.4 Å². The lowest BCUT2D eigenvalue weighted by Gasteiger charge is -2.20. The normalized spacial score (nSPS) is 12.0. The van der Waals surface area contributed by atoms with Gasteiger partial charge in [0, 0.05) is 20.1 Å². The summed E-state index contributed by atoms with van der Waals surface area (Å²) in [5.74, 6) is 0. The molecule has 0 aliphatic rings. The van der Waals surface area contributed by atoms with Crippen LogP contribution in [-0.2, 0) is 6.54 Å². The summed E-state index contributed by atoms with van der Waals surface area (Å²) < 4.78 is 1.92. The molecule has 2 aromatic rings. The van der Waals surface area contributed by atoms with Gasteiger partial charge in [-0.1, -0.05) is 37.3 Å². The molecule has 0 fully saturated rings. The van der Waals surface area contributed by atoms with Gasteiger partial charge in [-0.05, 0) is 32.3 Å². The number of carbonyl (C=O) groups is 1. The molecule has 0 radical (unpaired) electrons. The van der Waals surface area contributed by atoms with Crippen LogP contribution in [0.3, 0.4) is 0 Å². The van der Waals surface area contributed by atoms with Gasteiger partial charge in [0.2, 0.25) is 0 Å². The molecule has 25 heavy (non-hydrogen) atoms. The van der Waals surface area contributed by atoms with Gasteiger partial charge in [0.05, 0.1) is 23.2 Å². The van der Waals surface area contributed by atoms with Crippen molar-refractivity contribution in [2.75, 3.05) is 18.9 Å². The SMILES string of the molecule is CCCn1nc(C)c(NC(=O)N(C)CC[C@@H](O)c2ccccc2)c1C. The summed E-state index contributed by atoms with van der Waals surface area (Å²) in [7, 11) is 1.73. The maximum Gasteiger partial charge on any atom is 0.321 e. The van der Waals surface area contributed by atoms with Gasteiger partial charge in [0.1, 0.15) is 0 Å². The molecule has 0 aliphatic heterocycles. The molecule has 6 heteroatoms. The highest BCUT2D eigenvalue weighted by molar-refractivity contribution is 5.90. The van der Waals surface area contributed by atoms with Crippen molar-refractivity contribution < 1.29 is 9.90 Å². The molecule has 0 spiro atoms. The molecule has 136 valence electrons. The van der Waals surface area contributed by atoms with Crippen LogP contribution < -0.4 is 5.32 Å². The van der Waals surface area contributed by atoms with Crippen LogP contribution in [0.2, 0.25) is 0 Å². The minimum Gasteiger partial charge on any atom is -0.388 e. The molecule has 0 saturated carbocycles. The van der Waals surface area contributed by atoms with E-state index >= 15 is 0 Å². The lowest BCUT2D eigenvalue weighted by molar-refractivity contribution is 0.152. The van der Waals surface area contributed by atoms with Crippen molar-refractivity contribution in [1.29, 1.82) is 0 Å². The molecule has 0 aliphatic carbocycles. The molecule has 0 unspecified atom stereocenters. The van der Waals surface area contributed by atoms with Crippen LogP contribution in [0.5, 0.6) is 0 Å². The molecule has 0 bridgehead atoms. The fourth-order valence-electron chi connectivity index (χ4n) is 2.77. The minimum atomic E-state index is -0.577. The fourth-order valence-corrected chi connectivity index (χ4v) is 2.77. The topological polar surface area (TPSA) is 70.4 Å². The number of benzene rings is 1. The van der Waals surface area contributed by atoms with Gasteiger partial charge in [0.15, 0.2) is 0 Å². The fraction of sp³-hybridized carbons (Fsp3) is 0.474. The summed E-state index contributed by atoms with van der Waals surface area (Å²) in [6.45, 7) is 7.25. The molecule has 1 atom stereocenters. The summed E-state index contributed by atoms with van der Waals surface area (Å²) in [6.07, 6.45) is 0.903. The van der Waals surface area contributed by atoms with Crippen LogP contribution in [0.25, 0.3) is 0 Å². The number of aliphatic hydroxyl groups excluding tert-OH is 1. The zero-order chi connectivity index (χ0) is 18.4. The summed E-state index contributed by atoms with van der Waals surface area (Å²) >= 11 is 0. The minimum absolute atomic E-state index is 0.192. The highest BCUT2D eigenvalue weighted by Gasteiger charge is 2.17. The Labute approximate surface area is 149 Å². The number of carbonyl (C=O) groups excluding carboxylic acids is 1. The van der Waals surface area contributed by atoms with Crippen LogP contribution >= 0.6 is 0 Å². The Bertz CT molecular complexity index is 697. The molecule has 1 heterocycles. The van der Waals surface area contributed by atoms with E-state index in [0.29, 0.717) is 13.0 Å². The monoisotopic (exact) mass is 344 g/mol. The number of nitrogens with one attached hydrogen (secondary N) is 1. The number of aliphatic hydroxyl groups is 1. The van der Waals surface area contributed by atoms with Crippen LogP contribution in [0, 0.1) is 13.8 Å². The van der Waals surface area contributed by atoms with Crippen LogP contribution in [0.15, 0.2) is 30.3 Å². The van der Waals surface area contributed by atoms with Crippen molar-refractivity contribution in [3.05, 3.63) is 47.3 Å². The first kappa shape index (κ1) is 19.0. The zero-order valence-corrected chi connectivity index (χ0v) is 15.5. The van der Waals surface area contributed by atoms with E-state index in [1.807, 2.05) is 48.9 Å². The number of nitrogens with zero attached hydrogens (tertiary/aromatic N) is 3. The number of urea groups is 1. The molecular weight excluding hydrogens is 316 g/mol. The third kappa shape index (κ3) is 4.82. The average molecular weight is 344 g/mol. The Kier molecular flexibility index (Phi) is 6.58. The lowest BCUT2D eigenvalue weighted by Crippen LogP contribution is -2.33. The van der Waals surface area contributed by atoms with E-state index in [9.17, 15) is 9.90 Å². The first-order valence-electron chi connectivity index (χ1n) is 8.73. The quantitative estimate of drug-likeness (QED) is 0.807. The van der Waals surface area contributed by atoms with Gasteiger partial charge in [-0.25, -0.2) is 4.79 Å². The standard InChI is InChI=1S/C19H28N4O2/c1-5-12-23-15(3)18(14(2)21-23)20-19(25)22(4)13-11-17(24)16-9-7-6-8-10-16/h6-10,17,24H,5,11-13H2,1-4H3,(H,20,25)/t17-/m1/s1. The molecule has 1 aromatic carbocycles. The molecule has 2 amide bonds. The van der Waals surface area contributed by atoms with E-state index in [0.717, 1.165) is 35.6 Å². The predicted molar refractivity (Wildman–Crippen MR) is 99.7 cm³/mol. The Hall–Kier alpha value is -2.34. The summed E-state index contributed by atoms with van der Waals surface area (Å²) in [5, 5.41) is 17.6. The first-order valence-corrected chi connectivity index (χ1v) is 8.73. The number of aromatic nitrogens is 2. The van der Waals surface area contributed by atoms with E-state index in [1.165, 1.54) is 0 Å². The van der Waals surface area contributed by atoms with Crippen LogP contribution in [0.1, 0.15) is 42.8 Å². The Morgan fingerprint density at radius 3 is 2.64 bits per heavy atom. The van der Waals surface area contributed by atoms with Gasteiger partial charge in [-0.15, -0.1) is 0 Å². The van der Waals surface area contributed by atoms with E-state index in [-0.39, 0.29) is 6.03 Å². The molecule has 1 aromatic heterocycles. The summed E-state index contributed by atoms with van der Waals surface area (Å²) in [6, 6.07) is 9.30. The highest BCUT2D eigenvalue weighted by Crippen LogP contribution is 2.21. The average Bonchev–Trinajstić information content (AvgIpc) is 2.88. The molecule has 6 nitrogen and oxygen atoms in total. The molecule has 2 rings (SSSR count). The number of anilines is 1. The van der Waals surface area contributed by atoms with Gasteiger partial charge < -0.3 is 15.3 Å². The van der Waals surface area contributed by atoms with Crippen LogP contribution in [0.4, 0.5) is 10.5 Å². The Morgan fingerprint density at radius 2 is 2.00 bits per heavy atom. The lowest BCUT2D eigenvalue weighted by atomic mass is 10.1. The smallest absolute Gasteiger partial charge is 0.321 e. The first-order chi connectivity index (χ1) is 11.9. The number of amides is 2. The summed E-state index contributed by atoms with van der Waals surface area (Å²) in [4.78, 5) is 14.0. The van der Waals surface area contributed by atoms with Crippen molar-refractivity contribution in [2.45, 2.75) is 46.3 Å². The van der Waals surface area contributed by atoms with Gasteiger partial charge in [0.25, 0.3) is 0 Å². The predicted octanol–water partition coefficient (Wildman–Crippen LogP) is 3.50. The van der Waals surface area contributed by atoms with Gasteiger partial charge >= 0.3 is 6.03 Å². The third-order valence-electron chi connectivity index (χ3n) is 4.32. The maximum absolute atomic E-state index is 12.4. The molecule has 2 N–H and O–H groups in total. The number of aryl methyl sites for hydroxylation is 2. The number of hydrogen-bond donors (Lipinski definition) is 2. The summed E-state index contributed by atoms with van der Waals surface area (Å²) in [5.41, 5.74) is 3.42. The Morgan fingerprint density at radius 1 is 1.32 bits per heavy atom. The molecule has 0 saturated heterocycles. The van der Waals surface area contributed by atoms with Crippen molar-refractivity contribution in [1.82, 2.24) is 14.7 Å². The number of hydrogen-bond acceptors (Lipinski definition) is 3. The van der Waals surface area contributed by atoms with E-state index < -0.39 is 6.10 Å². The number of rotatable bonds is 7. The largest absolute Gasteiger partial charge is 0.388 e. The second kappa shape index (κ2) is 8.67. The maximum atomic E-state index is 12.4. The van der Waals surface area contributed by atoms with Crippen molar-refractivity contribution in [2.24, 2.45) is 0 Å². The van der Waals surface area contributed by atoms with Gasteiger partial charge in [-0.3, -0.25) is 4.68 Å². The van der Waals surface area contributed by atoms with E-state index in [4.69, 9.17) is 0 Å². The molecular formula is C19H28N4O2. The van der Waals surface area contributed by atoms with Crippen molar-refractivity contribution >= 4 is 11.7 Å². The second-order valence-corrected chi connectivity index (χ2v) is 6.34.